The Labute approximate surface area is 153 Å². The standard InChI is InChI=1S/C19H22N2O2.Cu/c1-13-4-6-18(22)16(8-13)11-20-10-15(3)21-12-17-9-14(2)5-7-19(17)23;/h4-9,11-12,15,22-23H,10H2,1-3H3;. The first-order valence-electron chi connectivity index (χ1n) is 7.58. The van der Waals surface area contributed by atoms with E-state index >= 15 is 0 Å². The molecule has 0 spiro atoms. The Balaban J connectivity index is 0.00000288. The van der Waals surface area contributed by atoms with Gasteiger partial charge in [0.25, 0.3) is 0 Å². The summed E-state index contributed by atoms with van der Waals surface area (Å²) in [6.45, 7) is 6.41. The van der Waals surface area contributed by atoms with Gasteiger partial charge in [0.15, 0.2) is 0 Å². The van der Waals surface area contributed by atoms with E-state index in [-0.39, 0.29) is 34.6 Å². The zero-order chi connectivity index (χ0) is 16.8. The van der Waals surface area contributed by atoms with Crippen molar-refractivity contribution >= 4 is 12.4 Å². The van der Waals surface area contributed by atoms with E-state index < -0.39 is 0 Å². The Morgan fingerprint density at radius 1 is 0.917 bits per heavy atom. The van der Waals surface area contributed by atoms with E-state index in [1.807, 2.05) is 45.0 Å². The molecular weight excluding hydrogens is 352 g/mol. The molecule has 0 heterocycles. The smallest absolute Gasteiger partial charge is 0.124 e. The summed E-state index contributed by atoms with van der Waals surface area (Å²) >= 11 is 0. The van der Waals surface area contributed by atoms with Crippen LogP contribution in [0.2, 0.25) is 0 Å². The van der Waals surface area contributed by atoms with Gasteiger partial charge in [0.2, 0.25) is 0 Å². The van der Waals surface area contributed by atoms with Crippen LogP contribution in [0.15, 0.2) is 46.4 Å². The van der Waals surface area contributed by atoms with Crippen molar-refractivity contribution in [1.82, 2.24) is 0 Å². The number of benzene rings is 2. The third kappa shape index (κ3) is 5.84. The molecule has 0 aliphatic heterocycles. The average molecular weight is 374 g/mol. The third-order valence-corrected chi connectivity index (χ3v) is 3.43. The molecule has 1 atom stereocenters. The van der Waals surface area contributed by atoms with Crippen LogP contribution < -0.4 is 0 Å². The molecule has 2 rings (SSSR count). The molecule has 0 amide bonds. The summed E-state index contributed by atoms with van der Waals surface area (Å²) in [5.74, 6) is 0.444. The summed E-state index contributed by atoms with van der Waals surface area (Å²) in [4.78, 5) is 8.74. The first-order valence-corrected chi connectivity index (χ1v) is 7.58. The van der Waals surface area contributed by atoms with Gasteiger partial charge in [0.05, 0.1) is 12.6 Å². The summed E-state index contributed by atoms with van der Waals surface area (Å²) in [6.07, 6.45) is 3.34. The monoisotopic (exact) mass is 373 g/mol. The quantitative estimate of drug-likeness (QED) is 0.620. The van der Waals surface area contributed by atoms with Crippen LogP contribution in [-0.4, -0.2) is 35.2 Å². The van der Waals surface area contributed by atoms with E-state index in [9.17, 15) is 10.2 Å². The van der Waals surface area contributed by atoms with Gasteiger partial charge in [0, 0.05) is 40.6 Å². The third-order valence-electron chi connectivity index (χ3n) is 3.43. The first-order chi connectivity index (χ1) is 11.0. The zero-order valence-corrected chi connectivity index (χ0v) is 14.9. The molecule has 1 unspecified atom stereocenters. The van der Waals surface area contributed by atoms with Crippen molar-refractivity contribution in [2.24, 2.45) is 9.98 Å². The van der Waals surface area contributed by atoms with Crippen LogP contribution in [-0.2, 0) is 17.1 Å². The van der Waals surface area contributed by atoms with Crippen LogP contribution in [0.25, 0.3) is 0 Å². The van der Waals surface area contributed by atoms with Crippen molar-refractivity contribution in [3.63, 3.8) is 0 Å². The molecule has 0 saturated carbocycles. The molecule has 0 aliphatic rings. The molecule has 0 aromatic heterocycles. The average Bonchev–Trinajstić information content (AvgIpc) is 2.51. The van der Waals surface area contributed by atoms with E-state index in [0.717, 1.165) is 11.1 Å². The fraction of sp³-hybridized carbons (Fsp3) is 0.263. The van der Waals surface area contributed by atoms with Gasteiger partial charge in [-0.2, -0.15) is 0 Å². The van der Waals surface area contributed by atoms with Gasteiger partial charge in [-0.1, -0.05) is 23.3 Å². The first kappa shape index (κ1) is 19.9. The van der Waals surface area contributed by atoms with Crippen molar-refractivity contribution in [1.29, 1.82) is 0 Å². The van der Waals surface area contributed by atoms with Gasteiger partial charge in [-0.05, 0) is 45.0 Å². The minimum atomic E-state index is -0.0156. The summed E-state index contributed by atoms with van der Waals surface area (Å²) in [7, 11) is 0. The van der Waals surface area contributed by atoms with Gasteiger partial charge in [-0.3, -0.25) is 9.98 Å². The second-order valence-corrected chi connectivity index (χ2v) is 5.75. The molecule has 0 bridgehead atoms. The maximum absolute atomic E-state index is 9.78. The van der Waals surface area contributed by atoms with E-state index in [0.29, 0.717) is 17.7 Å². The van der Waals surface area contributed by atoms with Crippen LogP contribution >= 0.6 is 0 Å². The molecule has 1 radical (unpaired) electrons. The Morgan fingerprint density at radius 2 is 1.42 bits per heavy atom. The summed E-state index contributed by atoms with van der Waals surface area (Å²) in [6, 6.07) is 10.8. The molecule has 0 fully saturated rings. The Morgan fingerprint density at radius 3 is 1.96 bits per heavy atom. The molecule has 24 heavy (non-hydrogen) atoms. The number of nitrogens with zero attached hydrogens (tertiary/aromatic N) is 2. The second kappa shape index (κ2) is 9.26. The predicted molar refractivity (Wildman–Crippen MR) is 95.2 cm³/mol. The van der Waals surface area contributed by atoms with E-state index in [1.54, 1.807) is 24.6 Å². The van der Waals surface area contributed by atoms with Crippen LogP contribution in [0.5, 0.6) is 11.5 Å². The van der Waals surface area contributed by atoms with Crippen LogP contribution in [0.1, 0.15) is 29.2 Å². The molecule has 2 N–H and O–H groups in total. The maximum atomic E-state index is 9.78. The minimum absolute atomic E-state index is 0. The number of aliphatic imine (C=N–C) groups is 2. The van der Waals surface area contributed by atoms with Crippen LogP contribution in [0.4, 0.5) is 0 Å². The van der Waals surface area contributed by atoms with Gasteiger partial charge in [0.1, 0.15) is 11.5 Å². The van der Waals surface area contributed by atoms with Gasteiger partial charge < -0.3 is 10.2 Å². The molecular formula is C19H22CuN2O2. The fourth-order valence-electron chi connectivity index (χ4n) is 2.11. The number of phenols is 2. The Bertz CT molecular complexity index is 742. The second-order valence-electron chi connectivity index (χ2n) is 5.75. The zero-order valence-electron chi connectivity index (χ0n) is 14.0. The molecule has 2 aromatic rings. The number of aryl methyl sites for hydroxylation is 2. The van der Waals surface area contributed by atoms with Crippen molar-refractivity contribution in [2.75, 3.05) is 6.54 Å². The van der Waals surface area contributed by atoms with E-state index in [4.69, 9.17) is 0 Å². The molecule has 0 aliphatic carbocycles. The minimum Gasteiger partial charge on any atom is -0.507 e. The van der Waals surface area contributed by atoms with E-state index in [2.05, 4.69) is 9.98 Å². The number of hydrogen-bond donors (Lipinski definition) is 2. The van der Waals surface area contributed by atoms with Gasteiger partial charge in [-0.25, -0.2) is 0 Å². The Hall–Kier alpha value is -2.10. The fourth-order valence-corrected chi connectivity index (χ4v) is 2.11. The van der Waals surface area contributed by atoms with Crippen molar-refractivity contribution < 1.29 is 27.3 Å². The van der Waals surface area contributed by atoms with Gasteiger partial charge in [-0.15, -0.1) is 0 Å². The normalized spacial score (nSPS) is 12.5. The molecule has 2 aromatic carbocycles. The SMILES string of the molecule is Cc1ccc(O)c(C=NCC(C)N=Cc2cc(C)ccc2O)c1.[Cu]. The Kier molecular flexibility index (Phi) is 7.69. The maximum Gasteiger partial charge on any atom is 0.124 e. The molecule has 131 valence electrons. The van der Waals surface area contributed by atoms with E-state index in [1.165, 1.54) is 0 Å². The molecule has 0 saturated heterocycles. The number of aromatic hydroxyl groups is 2. The van der Waals surface area contributed by atoms with Crippen molar-refractivity contribution in [3.8, 4) is 11.5 Å². The number of rotatable bonds is 5. The van der Waals surface area contributed by atoms with Crippen molar-refractivity contribution in [3.05, 3.63) is 58.7 Å². The molecule has 5 heteroatoms. The largest absolute Gasteiger partial charge is 0.507 e. The van der Waals surface area contributed by atoms with Crippen molar-refractivity contribution in [2.45, 2.75) is 26.8 Å². The van der Waals surface area contributed by atoms with Crippen LogP contribution in [0, 0.1) is 13.8 Å². The summed E-state index contributed by atoms with van der Waals surface area (Å²) < 4.78 is 0. The summed E-state index contributed by atoms with van der Waals surface area (Å²) in [5.41, 5.74) is 3.56. The summed E-state index contributed by atoms with van der Waals surface area (Å²) in [5, 5.41) is 19.5. The van der Waals surface area contributed by atoms with Crippen LogP contribution in [0.3, 0.4) is 0 Å². The molecule has 4 nitrogen and oxygen atoms in total. The topological polar surface area (TPSA) is 65.2 Å². The predicted octanol–water partition coefficient (Wildman–Crippen LogP) is 3.64. The number of hydrogen-bond acceptors (Lipinski definition) is 4. The van der Waals surface area contributed by atoms with Gasteiger partial charge >= 0.3 is 0 Å². The number of phenolic OH excluding ortho intramolecular Hbond substituents is 2.